The van der Waals surface area contributed by atoms with Crippen LogP contribution in [0.2, 0.25) is 0 Å². The van der Waals surface area contributed by atoms with Gasteiger partial charge < -0.3 is 20.3 Å². The molecular weight excluding hydrogens is 454 g/mol. The van der Waals surface area contributed by atoms with Gasteiger partial charge in [0.2, 0.25) is 0 Å². The van der Waals surface area contributed by atoms with Crippen molar-refractivity contribution in [3.63, 3.8) is 0 Å². The summed E-state index contributed by atoms with van der Waals surface area (Å²) in [6.07, 6.45) is 8.92. The van der Waals surface area contributed by atoms with Crippen LogP contribution < -0.4 is 10.6 Å². The van der Waals surface area contributed by atoms with Crippen LogP contribution in [0.25, 0.3) is 33.8 Å². The Bertz CT molecular complexity index is 1430. The molecule has 0 aliphatic carbocycles. The molecule has 0 amide bonds. The molecule has 0 aromatic carbocycles. The molecule has 5 aromatic rings. The van der Waals surface area contributed by atoms with Crippen LogP contribution >= 0.6 is 0 Å². The second kappa shape index (κ2) is 10.4. The number of pyridine rings is 3. The number of aliphatic hydroxyl groups excluding tert-OH is 1. The lowest BCUT2D eigenvalue weighted by Crippen LogP contribution is -2.08. The van der Waals surface area contributed by atoms with Crippen LogP contribution in [0.3, 0.4) is 0 Å². The normalized spacial score (nSPS) is 11.2. The summed E-state index contributed by atoms with van der Waals surface area (Å²) in [6, 6.07) is 11.9. The van der Waals surface area contributed by atoms with E-state index in [2.05, 4.69) is 44.4 Å². The maximum absolute atomic E-state index is 9.01. The lowest BCUT2D eigenvalue weighted by molar-refractivity contribution is 0.311. The summed E-state index contributed by atoms with van der Waals surface area (Å²) in [5, 5.41) is 15.5. The van der Waals surface area contributed by atoms with E-state index in [9.17, 15) is 0 Å². The molecule has 0 aliphatic rings. The van der Waals surface area contributed by atoms with Crippen LogP contribution in [0.5, 0.6) is 0 Å². The largest absolute Gasteiger partial charge is 0.395 e. The second-order valence-corrected chi connectivity index (χ2v) is 8.54. The smallest absolute Gasteiger partial charge is 0.166 e. The maximum atomic E-state index is 9.01. The number of hydrogen-bond acceptors (Lipinski definition) is 9. The quantitative estimate of drug-likeness (QED) is 0.287. The van der Waals surface area contributed by atoms with Crippen molar-refractivity contribution < 1.29 is 5.11 Å². The molecule has 5 rings (SSSR count). The van der Waals surface area contributed by atoms with Gasteiger partial charge in [-0.1, -0.05) is 6.07 Å². The number of hydrogen-bond donors (Lipinski definition) is 3. The van der Waals surface area contributed by atoms with Crippen LogP contribution in [0.15, 0.2) is 67.5 Å². The number of aliphatic hydroxyl groups is 1. The van der Waals surface area contributed by atoms with E-state index < -0.39 is 0 Å². The molecule has 0 spiro atoms. The zero-order valence-corrected chi connectivity index (χ0v) is 20.1. The van der Waals surface area contributed by atoms with Gasteiger partial charge in [-0.05, 0) is 49.7 Å². The Kier molecular flexibility index (Phi) is 6.76. The number of anilines is 2. The van der Waals surface area contributed by atoms with Crippen molar-refractivity contribution in [2.45, 2.75) is 26.4 Å². The molecule has 3 N–H and O–H groups in total. The highest BCUT2D eigenvalue weighted by Gasteiger charge is 2.16. The fourth-order valence-corrected chi connectivity index (χ4v) is 3.76. The SMILES string of the molecule is CC(C)n1cnc2c(NCc3ccc(-c4cccnc4)nc3)nc(-c3ccc(NCCO)nc3)nc21. The topological polar surface area (TPSA) is 127 Å². The fourth-order valence-electron chi connectivity index (χ4n) is 3.76. The molecule has 0 radical (unpaired) electrons. The summed E-state index contributed by atoms with van der Waals surface area (Å²) in [4.78, 5) is 27.4. The van der Waals surface area contributed by atoms with E-state index in [0.717, 1.165) is 28.0 Å². The van der Waals surface area contributed by atoms with E-state index in [4.69, 9.17) is 15.1 Å². The Morgan fingerprint density at radius 2 is 1.83 bits per heavy atom. The Labute approximate surface area is 208 Å². The highest BCUT2D eigenvalue weighted by Crippen LogP contribution is 2.26. The van der Waals surface area contributed by atoms with E-state index in [0.29, 0.717) is 36.1 Å². The van der Waals surface area contributed by atoms with E-state index in [-0.39, 0.29) is 12.6 Å². The molecule has 10 heteroatoms. The van der Waals surface area contributed by atoms with Crippen LogP contribution in [0, 0.1) is 0 Å². The number of aromatic nitrogens is 7. The third-order valence-electron chi connectivity index (χ3n) is 5.66. The van der Waals surface area contributed by atoms with Gasteiger partial charge in [0.1, 0.15) is 11.3 Å². The summed E-state index contributed by atoms with van der Waals surface area (Å²) in [6.45, 7) is 5.19. The molecule has 0 saturated carbocycles. The molecule has 0 atom stereocenters. The number of rotatable bonds is 9. The first kappa shape index (κ1) is 23.3. The number of nitrogens with one attached hydrogen (secondary N) is 2. The van der Waals surface area contributed by atoms with Crippen LogP contribution in [-0.2, 0) is 6.54 Å². The van der Waals surface area contributed by atoms with Crippen molar-refractivity contribution in [1.29, 1.82) is 0 Å². The third-order valence-corrected chi connectivity index (χ3v) is 5.66. The van der Waals surface area contributed by atoms with Crippen molar-refractivity contribution in [2.75, 3.05) is 23.8 Å². The van der Waals surface area contributed by atoms with Gasteiger partial charge in [0.05, 0.1) is 18.6 Å². The zero-order valence-electron chi connectivity index (χ0n) is 20.1. The van der Waals surface area contributed by atoms with Gasteiger partial charge in [-0.3, -0.25) is 9.97 Å². The van der Waals surface area contributed by atoms with Gasteiger partial charge in [0.15, 0.2) is 17.3 Å². The molecule has 0 saturated heterocycles. The molecule has 5 aromatic heterocycles. The fraction of sp³-hybridized carbons (Fsp3) is 0.231. The van der Waals surface area contributed by atoms with Crippen LogP contribution in [-0.4, -0.2) is 52.7 Å². The number of nitrogens with zero attached hydrogens (tertiary/aromatic N) is 7. The minimum Gasteiger partial charge on any atom is -0.395 e. The summed E-state index contributed by atoms with van der Waals surface area (Å²) < 4.78 is 2.03. The Hall–Kier alpha value is -4.44. The third kappa shape index (κ3) is 4.98. The Morgan fingerprint density at radius 3 is 2.53 bits per heavy atom. The summed E-state index contributed by atoms with van der Waals surface area (Å²) in [5.41, 5.74) is 5.11. The Morgan fingerprint density at radius 1 is 0.917 bits per heavy atom. The minimum atomic E-state index is 0.0408. The highest BCUT2D eigenvalue weighted by molar-refractivity contribution is 5.85. The summed E-state index contributed by atoms with van der Waals surface area (Å²) >= 11 is 0. The maximum Gasteiger partial charge on any atom is 0.166 e. The first-order chi connectivity index (χ1) is 17.6. The van der Waals surface area contributed by atoms with Gasteiger partial charge in [0, 0.05) is 55.0 Å². The molecular formula is C26H27N9O. The van der Waals surface area contributed by atoms with Gasteiger partial charge in [-0.2, -0.15) is 0 Å². The molecule has 182 valence electrons. The lowest BCUT2D eigenvalue weighted by Gasteiger charge is -2.12. The van der Waals surface area contributed by atoms with Crippen molar-refractivity contribution in [3.05, 3.63) is 73.1 Å². The van der Waals surface area contributed by atoms with E-state index in [1.807, 2.05) is 47.2 Å². The highest BCUT2D eigenvalue weighted by atomic mass is 16.3. The summed E-state index contributed by atoms with van der Waals surface area (Å²) in [5.74, 6) is 1.88. The second-order valence-electron chi connectivity index (χ2n) is 8.54. The average molecular weight is 482 g/mol. The molecule has 0 unspecified atom stereocenters. The Balaban J connectivity index is 1.43. The molecule has 0 bridgehead atoms. The van der Waals surface area contributed by atoms with Crippen molar-refractivity contribution in [3.8, 4) is 22.6 Å². The first-order valence-electron chi connectivity index (χ1n) is 11.8. The van der Waals surface area contributed by atoms with Crippen molar-refractivity contribution in [2.24, 2.45) is 0 Å². The predicted octanol–water partition coefficient (Wildman–Crippen LogP) is 3.94. The van der Waals surface area contributed by atoms with Gasteiger partial charge in [-0.15, -0.1) is 0 Å². The van der Waals surface area contributed by atoms with Crippen LogP contribution in [0.4, 0.5) is 11.6 Å². The molecule has 5 heterocycles. The average Bonchev–Trinajstić information content (AvgIpc) is 3.36. The number of fused-ring (bicyclic) bond motifs is 1. The number of imidazole rings is 1. The standard InChI is InChI=1S/C26H27N9O/c1-17(2)35-16-32-23-25(31-13-18-5-7-21(29-12-18)19-4-3-9-27-14-19)33-24(34-26(23)35)20-6-8-22(30-15-20)28-10-11-36/h3-9,12,14-17,36H,10-11,13H2,1-2H3,(H,28,30)(H,31,33,34). The zero-order chi connectivity index (χ0) is 24.9. The summed E-state index contributed by atoms with van der Waals surface area (Å²) in [7, 11) is 0. The minimum absolute atomic E-state index is 0.0408. The van der Waals surface area contributed by atoms with Crippen LogP contribution in [0.1, 0.15) is 25.5 Å². The predicted molar refractivity (Wildman–Crippen MR) is 139 cm³/mol. The molecule has 36 heavy (non-hydrogen) atoms. The first-order valence-corrected chi connectivity index (χ1v) is 11.8. The lowest BCUT2D eigenvalue weighted by atomic mass is 10.1. The van der Waals surface area contributed by atoms with Gasteiger partial charge >= 0.3 is 0 Å². The monoisotopic (exact) mass is 481 g/mol. The molecule has 0 fully saturated rings. The van der Waals surface area contributed by atoms with E-state index in [1.54, 1.807) is 24.9 Å². The van der Waals surface area contributed by atoms with Crippen molar-refractivity contribution >= 4 is 22.8 Å². The van der Waals surface area contributed by atoms with Gasteiger partial charge in [0.25, 0.3) is 0 Å². The van der Waals surface area contributed by atoms with Gasteiger partial charge in [-0.25, -0.2) is 19.9 Å². The van der Waals surface area contributed by atoms with E-state index >= 15 is 0 Å². The molecule has 0 aliphatic heterocycles. The van der Waals surface area contributed by atoms with Crippen molar-refractivity contribution in [1.82, 2.24) is 34.5 Å². The van der Waals surface area contributed by atoms with E-state index in [1.165, 1.54) is 0 Å². The molecule has 10 nitrogen and oxygen atoms in total.